The van der Waals surface area contributed by atoms with Crippen molar-refractivity contribution in [1.29, 1.82) is 0 Å². The molecule has 2 atom stereocenters. The van der Waals surface area contributed by atoms with E-state index in [4.69, 9.17) is 9.47 Å². The molecule has 0 aliphatic carbocycles. The Kier molecular flexibility index (Phi) is 3.89. The molecule has 5 rings (SSSR count). The summed E-state index contributed by atoms with van der Waals surface area (Å²) in [4.78, 5) is 11.9. The minimum atomic E-state index is -0.627. The quantitative estimate of drug-likeness (QED) is 0.477. The molecule has 0 radical (unpaired) electrons. The fourth-order valence-electron chi connectivity index (χ4n) is 4.02. The third-order valence-corrected chi connectivity index (χ3v) is 5.96. The molecule has 28 heavy (non-hydrogen) atoms. The number of hydrogen-bond acceptors (Lipinski definition) is 3. The molecule has 3 aromatic carbocycles. The lowest BCUT2D eigenvalue weighted by Crippen LogP contribution is -2.07. The molecule has 3 nitrogen and oxygen atoms in total. The summed E-state index contributed by atoms with van der Waals surface area (Å²) in [5, 5.41) is 0. The summed E-state index contributed by atoms with van der Waals surface area (Å²) >= 11 is 3.51. The van der Waals surface area contributed by atoms with E-state index in [2.05, 4.69) is 15.9 Å². The smallest absolute Gasteiger partial charge is 0.337 e. The van der Waals surface area contributed by atoms with Crippen LogP contribution in [0, 0.1) is 11.6 Å². The van der Waals surface area contributed by atoms with Gasteiger partial charge in [0.15, 0.2) is 0 Å². The van der Waals surface area contributed by atoms with Gasteiger partial charge in [-0.05, 0) is 64.2 Å². The van der Waals surface area contributed by atoms with E-state index in [1.54, 1.807) is 12.1 Å². The molecule has 3 aromatic rings. The molecule has 2 unspecified atom stereocenters. The maximum atomic E-state index is 14.3. The minimum Gasteiger partial charge on any atom is -0.465 e. The molecular weight excluding hydrogens is 430 g/mol. The van der Waals surface area contributed by atoms with E-state index < -0.39 is 17.6 Å². The maximum Gasteiger partial charge on any atom is 0.337 e. The summed E-state index contributed by atoms with van der Waals surface area (Å²) in [5.41, 5.74) is 5.23. The number of methoxy groups -OCH3 is 1. The average Bonchev–Trinajstić information content (AvgIpc) is 3.23. The second-order valence-electron chi connectivity index (χ2n) is 6.82. The number of carbonyl (C=O) groups excluding carboxylic acids is 1. The SMILES string of the molecule is COC(=O)c1ccc2c(c1)C1OC2c2cc(Br)c(-c3ccc(F)cc3F)cc21. The zero-order valence-electron chi connectivity index (χ0n) is 14.6. The van der Waals surface area contributed by atoms with Gasteiger partial charge >= 0.3 is 5.97 Å². The fourth-order valence-corrected chi connectivity index (χ4v) is 4.60. The molecular formula is C22H13BrF2O3. The molecule has 2 bridgehead atoms. The van der Waals surface area contributed by atoms with Crippen LogP contribution in [0.4, 0.5) is 8.78 Å². The lowest BCUT2D eigenvalue weighted by molar-refractivity contribution is 0.0600. The third-order valence-electron chi connectivity index (χ3n) is 5.30. The van der Waals surface area contributed by atoms with E-state index >= 15 is 0 Å². The Balaban J connectivity index is 1.63. The Morgan fingerprint density at radius 2 is 1.64 bits per heavy atom. The molecule has 140 valence electrons. The standard InChI is InChI=1S/C22H13BrF2O3/c1-27-22(26)10-2-4-13-15(6-10)21-16-8-14(12-5-3-11(24)7-19(12)25)18(23)9-17(16)20(13)28-21/h2-9,20-21H,1H3. The van der Waals surface area contributed by atoms with Gasteiger partial charge in [0.05, 0.1) is 12.7 Å². The topological polar surface area (TPSA) is 35.5 Å². The van der Waals surface area contributed by atoms with Crippen molar-refractivity contribution in [3.8, 4) is 11.1 Å². The molecule has 0 aromatic heterocycles. The number of ether oxygens (including phenoxy) is 2. The number of carbonyl (C=O) groups is 1. The first-order valence-corrected chi connectivity index (χ1v) is 9.43. The van der Waals surface area contributed by atoms with Crippen molar-refractivity contribution in [3.05, 3.63) is 92.5 Å². The first-order chi connectivity index (χ1) is 13.5. The number of halogens is 3. The summed E-state index contributed by atoms with van der Waals surface area (Å²) in [5.74, 6) is -1.65. The zero-order valence-corrected chi connectivity index (χ0v) is 16.2. The van der Waals surface area contributed by atoms with Gasteiger partial charge in [0, 0.05) is 16.1 Å². The van der Waals surface area contributed by atoms with Gasteiger partial charge in [-0.25, -0.2) is 13.6 Å². The fraction of sp³-hybridized carbons (Fsp3) is 0.136. The average molecular weight is 443 g/mol. The molecule has 2 aliphatic heterocycles. The summed E-state index contributed by atoms with van der Waals surface area (Å²) in [6, 6.07) is 12.7. The van der Waals surface area contributed by atoms with E-state index in [0.29, 0.717) is 21.2 Å². The van der Waals surface area contributed by atoms with E-state index in [-0.39, 0.29) is 12.2 Å². The Morgan fingerprint density at radius 1 is 0.929 bits per heavy atom. The molecule has 0 spiro atoms. The number of esters is 1. The number of benzene rings is 3. The highest BCUT2D eigenvalue weighted by Gasteiger charge is 2.43. The highest BCUT2D eigenvalue weighted by atomic mass is 79.9. The Bertz CT molecular complexity index is 1160. The van der Waals surface area contributed by atoms with Crippen LogP contribution in [0.5, 0.6) is 0 Å². The second kappa shape index (κ2) is 6.22. The van der Waals surface area contributed by atoms with Crippen LogP contribution >= 0.6 is 15.9 Å². The van der Waals surface area contributed by atoms with E-state index in [0.717, 1.165) is 28.3 Å². The molecule has 2 aliphatic rings. The van der Waals surface area contributed by atoms with Gasteiger partial charge < -0.3 is 9.47 Å². The van der Waals surface area contributed by atoms with Crippen LogP contribution < -0.4 is 0 Å². The summed E-state index contributed by atoms with van der Waals surface area (Å²) < 4.78 is 39.3. The highest BCUT2D eigenvalue weighted by molar-refractivity contribution is 9.10. The predicted octanol–water partition coefficient (Wildman–Crippen LogP) is 5.70. The van der Waals surface area contributed by atoms with Gasteiger partial charge in [-0.1, -0.05) is 22.0 Å². The minimum absolute atomic E-state index is 0.231. The lowest BCUT2D eigenvalue weighted by Gasteiger charge is -2.19. The number of hydrogen-bond donors (Lipinski definition) is 0. The monoisotopic (exact) mass is 442 g/mol. The highest BCUT2D eigenvalue weighted by Crippen LogP contribution is 2.55. The molecule has 6 heteroatoms. The van der Waals surface area contributed by atoms with Crippen LogP contribution in [0.25, 0.3) is 11.1 Å². The Morgan fingerprint density at radius 3 is 2.39 bits per heavy atom. The van der Waals surface area contributed by atoms with Crippen molar-refractivity contribution < 1.29 is 23.0 Å². The predicted molar refractivity (Wildman–Crippen MR) is 102 cm³/mol. The van der Waals surface area contributed by atoms with Gasteiger partial charge in [-0.2, -0.15) is 0 Å². The third kappa shape index (κ3) is 2.45. The first-order valence-electron chi connectivity index (χ1n) is 8.64. The lowest BCUT2D eigenvalue weighted by atomic mass is 9.84. The summed E-state index contributed by atoms with van der Waals surface area (Å²) in [7, 11) is 1.34. The molecule has 0 fully saturated rings. The zero-order chi connectivity index (χ0) is 19.6. The van der Waals surface area contributed by atoms with Crippen LogP contribution in [0.3, 0.4) is 0 Å². The number of fused-ring (bicyclic) bond motifs is 8. The van der Waals surface area contributed by atoms with Crippen molar-refractivity contribution in [2.24, 2.45) is 0 Å². The largest absolute Gasteiger partial charge is 0.465 e. The van der Waals surface area contributed by atoms with E-state index in [1.165, 1.54) is 19.2 Å². The van der Waals surface area contributed by atoms with Crippen molar-refractivity contribution in [2.75, 3.05) is 7.11 Å². The van der Waals surface area contributed by atoms with Gasteiger partial charge in [0.25, 0.3) is 0 Å². The van der Waals surface area contributed by atoms with Gasteiger partial charge in [0.1, 0.15) is 23.8 Å². The van der Waals surface area contributed by atoms with Crippen molar-refractivity contribution in [2.45, 2.75) is 12.2 Å². The second-order valence-corrected chi connectivity index (χ2v) is 7.67. The molecule has 0 amide bonds. The van der Waals surface area contributed by atoms with Crippen LogP contribution in [-0.2, 0) is 9.47 Å². The Labute approximate surface area is 168 Å². The maximum absolute atomic E-state index is 14.3. The molecule has 2 heterocycles. The van der Waals surface area contributed by atoms with Crippen molar-refractivity contribution >= 4 is 21.9 Å². The van der Waals surface area contributed by atoms with Crippen LogP contribution in [0.2, 0.25) is 0 Å². The van der Waals surface area contributed by atoms with Crippen molar-refractivity contribution in [1.82, 2.24) is 0 Å². The Hall–Kier alpha value is -2.57. The van der Waals surface area contributed by atoms with Crippen LogP contribution in [0.1, 0.15) is 44.8 Å². The van der Waals surface area contributed by atoms with E-state index in [9.17, 15) is 13.6 Å². The molecule has 0 saturated heterocycles. The first kappa shape index (κ1) is 17.5. The summed E-state index contributed by atoms with van der Waals surface area (Å²) in [6.45, 7) is 0. The van der Waals surface area contributed by atoms with Gasteiger partial charge in [-0.3, -0.25) is 0 Å². The molecule has 0 N–H and O–H groups in total. The van der Waals surface area contributed by atoms with E-state index in [1.807, 2.05) is 18.2 Å². The van der Waals surface area contributed by atoms with Crippen LogP contribution in [-0.4, -0.2) is 13.1 Å². The van der Waals surface area contributed by atoms with Crippen LogP contribution in [0.15, 0.2) is 53.0 Å². The van der Waals surface area contributed by atoms with Gasteiger partial charge in [0.2, 0.25) is 0 Å². The normalized spacial score (nSPS) is 18.7. The number of rotatable bonds is 2. The molecule has 0 saturated carbocycles. The van der Waals surface area contributed by atoms with Gasteiger partial charge in [-0.15, -0.1) is 0 Å². The van der Waals surface area contributed by atoms with Crippen molar-refractivity contribution in [3.63, 3.8) is 0 Å². The summed E-state index contributed by atoms with van der Waals surface area (Å²) in [6.07, 6.45) is -0.569.